The first kappa shape index (κ1) is 12.4. The normalized spacial score (nSPS) is 11.2. The Kier molecular flexibility index (Phi) is 2.97. The second-order valence-corrected chi connectivity index (χ2v) is 3.87. The fourth-order valence-electron chi connectivity index (χ4n) is 1.68. The van der Waals surface area contributed by atoms with Gasteiger partial charge in [-0.05, 0) is 30.3 Å². The summed E-state index contributed by atoms with van der Waals surface area (Å²) in [6.07, 6.45) is 1.21. The standard InChI is InChI=1S/C12H7F3N4O/c13-8-3-1-7(2-4-8)10-17-11(20-18-10)9-5-6-16-19(9)12(14)15/h1-6,12H. The maximum Gasteiger partial charge on any atom is 0.333 e. The van der Waals surface area contributed by atoms with Crippen LogP contribution < -0.4 is 0 Å². The van der Waals surface area contributed by atoms with Crippen LogP contribution in [0, 0.1) is 5.82 Å². The molecule has 102 valence electrons. The first-order chi connectivity index (χ1) is 9.65. The molecule has 2 heterocycles. The Hall–Kier alpha value is -2.64. The minimum Gasteiger partial charge on any atom is -0.332 e. The van der Waals surface area contributed by atoms with Gasteiger partial charge in [-0.15, -0.1) is 0 Å². The number of nitrogens with zero attached hydrogens (tertiary/aromatic N) is 4. The number of aromatic nitrogens is 4. The summed E-state index contributed by atoms with van der Waals surface area (Å²) < 4.78 is 43.6. The molecule has 0 N–H and O–H groups in total. The van der Waals surface area contributed by atoms with E-state index in [-0.39, 0.29) is 17.4 Å². The molecule has 0 atom stereocenters. The molecule has 0 amide bonds. The summed E-state index contributed by atoms with van der Waals surface area (Å²) in [4.78, 5) is 4.00. The zero-order valence-electron chi connectivity index (χ0n) is 9.87. The van der Waals surface area contributed by atoms with E-state index in [1.807, 2.05) is 0 Å². The van der Waals surface area contributed by atoms with Crippen LogP contribution in [0.25, 0.3) is 23.0 Å². The van der Waals surface area contributed by atoms with Crippen LogP contribution in [0.3, 0.4) is 0 Å². The van der Waals surface area contributed by atoms with E-state index >= 15 is 0 Å². The van der Waals surface area contributed by atoms with Gasteiger partial charge in [-0.25, -0.2) is 4.39 Å². The summed E-state index contributed by atoms with van der Waals surface area (Å²) in [5.74, 6) is -0.294. The summed E-state index contributed by atoms with van der Waals surface area (Å²) in [6.45, 7) is -2.80. The van der Waals surface area contributed by atoms with Crippen LogP contribution >= 0.6 is 0 Å². The summed E-state index contributed by atoms with van der Waals surface area (Å²) in [5, 5.41) is 7.15. The topological polar surface area (TPSA) is 56.7 Å². The first-order valence-corrected chi connectivity index (χ1v) is 5.57. The molecule has 0 unspecified atom stereocenters. The van der Waals surface area contributed by atoms with E-state index in [2.05, 4.69) is 15.2 Å². The van der Waals surface area contributed by atoms with Crippen molar-refractivity contribution in [2.24, 2.45) is 0 Å². The maximum absolute atomic E-state index is 12.8. The van der Waals surface area contributed by atoms with Crippen molar-refractivity contribution in [3.8, 4) is 23.0 Å². The molecule has 0 saturated heterocycles. The molecule has 8 heteroatoms. The highest BCUT2D eigenvalue weighted by atomic mass is 19.3. The second kappa shape index (κ2) is 4.80. The molecule has 0 bridgehead atoms. The smallest absolute Gasteiger partial charge is 0.332 e. The number of halogens is 3. The lowest BCUT2D eigenvalue weighted by Gasteiger charge is -2.00. The first-order valence-electron chi connectivity index (χ1n) is 5.57. The summed E-state index contributed by atoms with van der Waals surface area (Å²) in [6, 6.07) is 6.76. The van der Waals surface area contributed by atoms with Crippen LogP contribution in [0.5, 0.6) is 0 Å². The predicted molar refractivity (Wildman–Crippen MR) is 62.2 cm³/mol. The highest BCUT2D eigenvalue weighted by Crippen LogP contribution is 2.24. The van der Waals surface area contributed by atoms with Gasteiger partial charge >= 0.3 is 6.55 Å². The maximum atomic E-state index is 12.8. The van der Waals surface area contributed by atoms with Gasteiger partial charge in [0.2, 0.25) is 5.82 Å². The third-order valence-electron chi connectivity index (χ3n) is 2.60. The number of alkyl halides is 2. The van der Waals surface area contributed by atoms with Crippen LogP contribution in [-0.4, -0.2) is 19.9 Å². The van der Waals surface area contributed by atoms with E-state index in [9.17, 15) is 13.2 Å². The fraction of sp³-hybridized carbons (Fsp3) is 0.0833. The molecule has 20 heavy (non-hydrogen) atoms. The average Bonchev–Trinajstić information content (AvgIpc) is 3.08. The van der Waals surface area contributed by atoms with Crippen molar-refractivity contribution in [1.82, 2.24) is 19.9 Å². The number of hydrogen-bond donors (Lipinski definition) is 0. The lowest BCUT2D eigenvalue weighted by molar-refractivity contribution is 0.0579. The van der Waals surface area contributed by atoms with Crippen LogP contribution in [0.2, 0.25) is 0 Å². The third kappa shape index (κ3) is 2.15. The van der Waals surface area contributed by atoms with Gasteiger partial charge in [0.05, 0.1) is 0 Å². The van der Waals surface area contributed by atoms with Crippen molar-refractivity contribution >= 4 is 0 Å². The third-order valence-corrected chi connectivity index (χ3v) is 2.60. The molecule has 1 aromatic carbocycles. The van der Waals surface area contributed by atoms with E-state index in [0.717, 1.165) is 0 Å². The van der Waals surface area contributed by atoms with Gasteiger partial charge in [0.1, 0.15) is 11.5 Å². The largest absolute Gasteiger partial charge is 0.333 e. The molecular formula is C12H7F3N4O. The molecule has 0 saturated carbocycles. The highest BCUT2D eigenvalue weighted by molar-refractivity contribution is 5.57. The number of rotatable bonds is 3. The molecule has 0 aliphatic carbocycles. The average molecular weight is 280 g/mol. The fourth-order valence-corrected chi connectivity index (χ4v) is 1.68. The Morgan fingerprint density at radius 3 is 2.55 bits per heavy atom. The van der Waals surface area contributed by atoms with E-state index in [4.69, 9.17) is 4.52 Å². The van der Waals surface area contributed by atoms with Crippen LogP contribution in [0.4, 0.5) is 13.2 Å². The van der Waals surface area contributed by atoms with Crippen molar-refractivity contribution in [3.63, 3.8) is 0 Å². The van der Waals surface area contributed by atoms with Crippen molar-refractivity contribution in [1.29, 1.82) is 0 Å². The quantitative estimate of drug-likeness (QED) is 0.739. The van der Waals surface area contributed by atoms with Gasteiger partial charge in [-0.1, -0.05) is 5.16 Å². The minimum atomic E-state index is -2.80. The van der Waals surface area contributed by atoms with Crippen LogP contribution in [0.1, 0.15) is 6.55 Å². The molecule has 0 fully saturated rings. The number of benzene rings is 1. The highest BCUT2D eigenvalue weighted by Gasteiger charge is 2.19. The Bertz CT molecular complexity index is 720. The Morgan fingerprint density at radius 2 is 1.85 bits per heavy atom. The summed E-state index contributed by atoms with van der Waals surface area (Å²) >= 11 is 0. The molecule has 0 aliphatic rings. The van der Waals surface area contributed by atoms with Gasteiger partial charge in [0.25, 0.3) is 5.89 Å². The Balaban J connectivity index is 1.98. The molecular weight excluding hydrogens is 273 g/mol. The van der Waals surface area contributed by atoms with Crippen molar-refractivity contribution in [2.75, 3.05) is 0 Å². The molecule has 3 rings (SSSR count). The van der Waals surface area contributed by atoms with Crippen LogP contribution in [-0.2, 0) is 0 Å². The predicted octanol–water partition coefficient (Wildman–Crippen LogP) is 3.13. The zero-order valence-corrected chi connectivity index (χ0v) is 9.87. The molecule has 2 aromatic heterocycles. The molecule has 5 nitrogen and oxygen atoms in total. The van der Waals surface area contributed by atoms with Gasteiger partial charge in [-0.2, -0.15) is 23.5 Å². The summed E-state index contributed by atoms with van der Waals surface area (Å²) in [7, 11) is 0. The SMILES string of the molecule is Fc1ccc(-c2noc(-c3ccnn3C(F)F)n2)cc1. The van der Waals surface area contributed by atoms with Gasteiger partial charge in [0, 0.05) is 11.8 Å². The molecule has 0 spiro atoms. The lowest BCUT2D eigenvalue weighted by Crippen LogP contribution is -2.02. The Morgan fingerprint density at radius 1 is 1.10 bits per heavy atom. The van der Waals surface area contributed by atoms with E-state index in [1.54, 1.807) is 0 Å². The van der Waals surface area contributed by atoms with Crippen molar-refractivity contribution in [3.05, 3.63) is 42.3 Å². The number of hydrogen-bond acceptors (Lipinski definition) is 4. The lowest BCUT2D eigenvalue weighted by atomic mass is 10.2. The van der Waals surface area contributed by atoms with Gasteiger partial charge in [-0.3, -0.25) is 0 Å². The van der Waals surface area contributed by atoms with Crippen LogP contribution in [0.15, 0.2) is 41.1 Å². The second-order valence-electron chi connectivity index (χ2n) is 3.87. The van der Waals surface area contributed by atoms with E-state index < -0.39 is 12.4 Å². The molecule has 0 radical (unpaired) electrons. The van der Waals surface area contributed by atoms with Crippen molar-refractivity contribution in [2.45, 2.75) is 6.55 Å². The van der Waals surface area contributed by atoms with Gasteiger partial charge in [0.15, 0.2) is 0 Å². The van der Waals surface area contributed by atoms with Gasteiger partial charge < -0.3 is 4.52 Å². The van der Waals surface area contributed by atoms with E-state index in [0.29, 0.717) is 10.2 Å². The zero-order chi connectivity index (χ0) is 14.1. The molecule has 3 aromatic rings. The summed E-state index contributed by atoms with van der Waals surface area (Å²) in [5.41, 5.74) is 0.533. The van der Waals surface area contributed by atoms with Crippen molar-refractivity contribution < 1.29 is 17.7 Å². The Labute approximate surface area is 110 Å². The minimum absolute atomic E-state index is 0.0147. The monoisotopic (exact) mass is 280 g/mol. The molecule has 0 aliphatic heterocycles. The van der Waals surface area contributed by atoms with E-state index in [1.165, 1.54) is 36.5 Å².